The van der Waals surface area contributed by atoms with Gasteiger partial charge < -0.3 is 15.3 Å². The van der Waals surface area contributed by atoms with Gasteiger partial charge in [0.05, 0.1) is 6.61 Å². The van der Waals surface area contributed by atoms with Crippen LogP contribution in [0.2, 0.25) is 0 Å². The molecular weight excluding hydrogens is 290 g/mol. The Morgan fingerprint density at radius 1 is 1.10 bits per heavy atom. The van der Waals surface area contributed by atoms with Crippen molar-refractivity contribution in [2.24, 2.45) is 5.92 Å². The summed E-state index contributed by atoms with van der Waals surface area (Å²) in [7, 11) is 0. The maximum absolute atomic E-state index is 12.4. The maximum Gasteiger partial charge on any atom is 0.222 e. The fourth-order valence-electron chi connectivity index (χ4n) is 4.08. The van der Waals surface area contributed by atoms with Gasteiger partial charge in [-0.1, -0.05) is 0 Å². The average Bonchev–Trinajstić information content (AvgIpc) is 2.79. The van der Waals surface area contributed by atoms with Gasteiger partial charge in [0.2, 0.25) is 5.91 Å². The lowest BCUT2D eigenvalue weighted by Gasteiger charge is -2.36. The Morgan fingerprint density at radius 3 is 2.29 bits per heavy atom. The molecule has 3 aliphatic rings. The number of rotatable bonds is 4. The number of carbonyl (C=O) groups is 1. The average molecular weight is 318 g/mol. The number of hydrogen-bond acceptors (Lipinski definition) is 4. The Labute approximate surface area is 133 Å². The van der Waals surface area contributed by atoms with Crippen LogP contribution >= 0.6 is 12.4 Å². The zero-order valence-corrected chi connectivity index (χ0v) is 13.5. The van der Waals surface area contributed by atoms with E-state index in [2.05, 4.69) is 10.2 Å². The molecule has 2 bridgehead atoms. The van der Waals surface area contributed by atoms with Gasteiger partial charge in [0, 0.05) is 51.2 Å². The number of nitrogens with one attached hydrogen (secondary N) is 1. The number of carbonyl (C=O) groups excluding carboxylic acids is 1. The molecule has 3 saturated heterocycles. The molecule has 21 heavy (non-hydrogen) atoms. The third-order valence-electron chi connectivity index (χ3n) is 5.18. The topological polar surface area (TPSA) is 55.8 Å². The van der Waals surface area contributed by atoms with Crippen molar-refractivity contribution >= 4 is 18.3 Å². The Morgan fingerprint density at radius 2 is 1.71 bits per heavy atom. The van der Waals surface area contributed by atoms with E-state index in [9.17, 15) is 4.79 Å². The zero-order valence-electron chi connectivity index (χ0n) is 12.7. The molecule has 6 heteroatoms. The van der Waals surface area contributed by atoms with Crippen molar-refractivity contribution in [1.29, 1.82) is 0 Å². The first-order valence-corrected chi connectivity index (χ1v) is 8.11. The van der Waals surface area contributed by atoms with Crippen molar-refractivity contribution in [2.75, 3.05) is 39.3 Å². The van der Waals surface area contributed by atoms with E-state index in [1.165, 1.54) is 25.7 Å². The van der Waals surface area contributed by atoms with Crippen LogP contribution in [0.15, 0.2) is 0 Å². The van der Waals surface area contributed by atoms with Crippen LogP contribution in [0.5, 0.6) is 0 Å². The van der Waals surface area contributed by atoms with Crippen LogP contribution in [-0.2, 0) is 4.79 Å². The minimum absolute atomic E-state index is 0. The van der Waals surface area contributed by atoms with Gasteiger partial charge in [0.25, 0.3) is 0 Å². The zero-order chi connectivity index (χ0) is 13.9. The van der Waals surface area contributed by atoms with Crippen molar-refractivity contribution in [3.8, 4) is 0 Å². The lowest BCUT2D eigenvalue weighted by atomic mass is 9.89. The van der Waals surface area contributed by atoms with Gasteiger partial charge in [-0.15, -0.1) is 12.4 Å². The molecular formula is C15H28ClN3O2. The molecule has 3 fully saturated rings. The van der Waals surface area contributed by atoms with Gasteiger partial charge in [-0.3, -0.25) is 9.69 Å². The monoisotopic (exact) mass is 317 g/mol. The first kappa shape index (κ1) is 17.0. The van der Waals surface area contributed by atoms with Gasteiger partial charge in [0.1, 0.15) is 0 Å². The SMILES string of the molecule is Cl.O=C(CC1CC2CCC(C1)N2)N1CCN(CCO)CC1. The van der Waals surface area contributed by atoms with Gasteiger partial charge in [-0.05, 0) is 31.6 Å². The molecule has 5 nitrogen and oxygen atoms in total. The molecule has 2 N–H and O–H groups in total. The number of β-amino-alcohol motifs (C(OH)–C–C–N with tert-alkyl or cyclic N) is 1. The van der Waals surface area contributed by atoms with E-state index in [0.717, 1.165) is 39.1 Å². The number of piperidine rings is 1. The van der Waals surface area contributed by atoms with Crippen molar-refractivity contribution in [3.05, 3.63) is 0 Å². The molecule has 0 spiro atoms. The molecule has 3 rings (SSSR count). The Hall–Kier alpha value is -0.360. The highest BCUT2D eigenvalue weighted by atomic mass is 35.5. The summed E-state index contributed by atoms with van der Waals surface area (Å²) in [6.45, 7) is 4.42. The minimum Gasteiger partial charge on any atom is -0.395 e. The van der Waals surface area contributed by atoms with E-state index in [0.29, 0.717) is 23.9 Å². The highest BCUT2D eigenvalue weighted by Crippen LogP contribution is 2.33. The summed E-state index contributed by atoms with van der Waals surface area (Å²) < 4.78 is 0. The van der Waals surface area contributed by atoms with Crippen molar-refractivity contribution in [1.82, 2.24) is 15.1 Å². The first-order valence-electron chi connectivity index (χ1n) is 8.11. The molecule has 0 saturated carbocycles. The molecule has 1 amide bonds. The molecule has 122 valence electrons. The number of halogens is 1. The smallest absolute Gasteiger partial charge is 0.222 e. The number of amides is 1. The van der Waals surface area contributed by atoms with E-state index in [-0.39, 0.29) is 19.0 Å². The van der Waals surface area contributed by atoms with E-state index < -0.39 is 0 Å². The number of aliphatic hydroxyl groups is 1. The van der Waals surface area contributed by atoms with Crippen molar-refractivity contribution in [2.45, 2.75) is 44.2 Å². The summed E-state index contributed by atoms with van der Waals surface area (Å²) in [6, 6.07) is 1.35. The Kier molecular flexibility index (Phi) is 6.29. The largest absolute Gasteiger partial charge is 0.395 e. The fraction of sp³-hybridized carbons (Fsp3) is 0.933. The predicted molar refractivity (Wildman–Crippen MR) is 84.6 cm³/mol. The molecule has 2 atom stereocenters. The van der Waals surface area contributed by atoms with Crippen LogP contribution in [0, 0.1) is 5.92 Å². The molecule has 0 aromatic heterocycles. The number of aliphatic hydroxyl groups excluding tert-OH is 1. The fourth-order valence-corrected chi connectivity index (χ4v) is 4.08. The third kappa shape index (κ3) is 4.31. The second kappa shape index (κ2) is 7.77. The third-order valence-corrected chi connectivity index (χ3v) is 5.18. The first-order chi connectivity index (χ1) is 9.74. The summed E-state index contributed by atoms with van der Waals surface area (Å²) in [5.74, 6) is 0.941. The number of nitrogens with zero attached hydrogens (tertiary/aromatic N) is 2. The molecule has 0 aromatic carbocycles. The summed E-state index contributed by atoms with van der Waals surface area (Å²) in [6.07, 6.45) is 5.72. The van der Waals surface area contributed by atoms with E-state index in [1.807, 2.05) is 4.90 Å². The molecule has 0 aromatic rings. The van der Waals surface area contributed by atoms with Crippen LogP contribution in [0.4, 0.5) is 0 Å². The lowest BCUT2D eigenvalue weighted by Crippen LogP contribution is -2.50. The van der Waals surface area contributed by atoms with Gasteiger partial charge in [0.15, 0.2) is 0 Å². The quantitative estimate of drug-likeness (QED) is 0.791. The lowest BCUT2D eigenvalue weighted by molar-refractivity contribution is -0.134. The predicted octanol–water partition coefficient (Wildman–Crippen LogP) is 0.465. The van der Waals surface area contributed by atoms with Crippen LogP contribution in [0.1, 0.15) is 32.1 Å². The van der Waals surface area contributed by atoms with E-state index in [4.69, 9.17) is 5.11 Å². The number of hydrogen-bond donors (Lipinski definition) is 2. The summed E-state index contributed by atoms with van der Waals surface area (Å²) >= 11 is 0. The Balaban J connectivity index is 0.00000161. The summed E-state index contributed by atoms with van der Waals surface area (Å²) in [5.41, 5.74) is 0. The Bertz CT molecular complexity index is 336. The van der Waals surface area contributed by atoms with E-state index >= 15 is 0 Å². The number of fused-ring (bicyclic) bond motifs is 2. The maximum atomic E-state index is 12.4. The molecule has 0 aliphatic carbocycles. The van der Waals surface area contributed by atoms with Crippen molar-refractivity contribution < 1.29 is 9.90 Å². The second-order valence-electron chi connectivity index (χ2n) is 6.63. The van der Waals surface area contributed by atoms with Crippen LogP contribution < -0.4 is 5.32 Å². The highest BCUT2D eigenvalue weighted by molar-refractivity contribution is 5.85. The molecule has 3 heterocycles. The van der Waals surface area contributed by atoms with Crippen LogP contribution in [-0.4, -0.2) is 72.2 Å². The summed E-state index contributed by atoms with van der Waals surface area (Å²) in [5, 5.41) is 12.6. The standard InChI is InChI=1S/C15H27N3O2.ClH/c19-8-7-17-3-5-18(6-4-17)15(20)11-12-9-13-1-2-14(10-12)16-13;/h12-14,16,19H,1-11H2;1H. The summed E-state index contributed by atoms with van der Waals surface area (Å²) in [4.78, 5) is 16.7. The van der Waals surface area contributed by atoms with Gasteiger partial charge in [-0.2, -0.15) is 0 Å². The normalized spacial score (nSPS) is 32.8. The van der Waals surface area contributed by atoms with Crippen LogP contribution in [0.3, 0.4) is 0 Å². The molecule has 0 radical (unpaired) electrons. The minimum atomic E-state index is 0. The van der Waals surface area contributed by atoms with Crippen molar-refractivity contribution in [3.63, 3.8) is 0 Å². The van der Waals surface area contributed by atoms with Crippen LogP contribution in [0.25, 0.3) is 0 Å². The van der Waals surface area contributed by atoms with E-state index in [1.54, 1.807) is 0 Å². The number of piperazine rings is 1. The highest BCUT2D eigenvalue weighted by Gasteiger charge is 2.35. The van der Waals surface area contributed by atoms with Gasteiger partial charge >= 0.3 is 0 Å². The second-order valence-corrected chi connectivity index (χ2v) is 6.63. The van der Waals surface area contributed by atoms with Gasteiger partial charge in [-0.25, -0.2) is 0 Å². The molecule has 2 unspecified atom stereocenters. The molecule has 3 aliphatic heterocycles.